The normalized spacial score (nSPS) is 22.0. The predicted octanol–water partition coefficient (Wildman–Crippen LogP) is 2.68. The molecule has 1 unspecified atom stereocenters. The lowest BCUT2D eigenvalue weighted by molar-refractivity contribution is -0.131. The molecule has 5 nitrogen and oxygen atoms in total. The van der Waals surface area contributed by atoms with Gasteiger partial charge in [0.25, 0.3) is 0 Å². The third-order valence-electron chi connectivity index (χ3n) is 5.39. The Morgan fingerprint density at radius 2 is 2.00 bits per heavy atom. The highest BCUT2D eigenvalue weighted by Crippen LogP contribution is 2.20. The van der Waals surface area contributed by atoms with Crippen LogP contribution in [0.2, 0.25) is 0 Å². The molecule has 0 spiro atoms. The van der Waals surface area contributed by atoms with Crippen LogP contribution in [0.1, 0.15) is 19.3 Å². The molecule has 1 N–H and O–H groups in total. The van der Waals surface area contributed by atoms with Gasteiger partial charge in [-0.1, -0.05) is 18.2 Å². The molecule has 138 valence electrons. The number of carbonyl (C=O) groups is 1. The number of carbonyl (C=O) groups excluding carboxylic acids is 1. The number of alkyl halides is 1. The second-order valence-electron chi connectivity index (χ2n) is 7.34. The van der Waals surface area contributed by atoms with Crippen LogP contribution >= 0.6 is 0 Å². The molecular formula is C20H25FN4O. The quantitative estimate of drug-likeness (QED) is 0.915. The van der Waals surface area contributed by atoms with Gasteiger partial charge in [0.2, 0.25) is 5.91 Å². The minimum absolute atomic E-state index is 0.0651. The molecule has 0 bridgehead atoms. The van der Waals surface area contributed by atoms with Crippen LogP contribution in [0.3, 0.4) is 0 Å². The Bertz CT molecular complexity index is 775. The number of likely N-dealkylation sites (tertiary alicyclic amines) is 2. The average Bonchev–Trinajstić information content (AvgIpc) is 3.10. The van der Waals surface area contributed by atoms with Crippen LogP contribution in [0.5, 0.6) is 0 Å². The highest BCUT2D eigenvalue weighted by molar-refractivity contribution is 5.81. The largest absolute Gasteiger partial charge is 0.381 e. The zero-order chi connectivity index (χ0) is 17.9. The van der Waals surface area contributed by atoms with Crippen LogP contribution in [-0.2, 0) is 4.79 Å². The van der Waals surface area contributed by atoms with E-state index in [0.717, 1.165) is 42.5 Å². The van der Waals surface area contributed by atoms with Crippen molar-refractivity contribution in [3.05, 3.63) is 36.5 Å². The fraction of sp³-hybridized carbons (Fsp3) is 0.500. The molecule has 4 rings (SSSR count). The summed E-state index contributed by atoms with van der Waals surface area (Å²) in [4.78, 5) is 20.6. The maximum absolute atomic E-state index is 13.2. The average molecular weight is 356 g/mol. The van der Waals surface area contributed by atoms with Crippen molar-refractivity contribution in [3.63, 3.8) is 0 Å². The molecule has 1 aromatic heterocycles. The van der Waals surface area contributed by atoms with Crippen LogP contribution in [0.15, 0.2) is 36.5 Å². The maximum Gasteiger partial charge on any atom is 0.236 e. The number of nitrogens with zero attached hydrogens (tertiary/aromatic N) is 3. The minimum Gasteiger partial charge on any atom is -0.381 e. The summed E-state index contributed by atoms with van der Waals surface area (Å²) >= 11 is 0. The molecule has 2 aromatic rings. The number of benzene rings is 1. The lowest BCUT2D eigenvalue weighted by atomic mass is 10.0. The van der Waals surface area contributed by atoms with E-state index in [9.17, 15) is 9.18 Å². The highest BCUT2D eigenvalue weighted by Gasteiger charge is 2.28. The standard InChI is InChI=1S/C20H25FN4O/c21-16-5-10-25(13-16)20(26)14-24-8-6-17(7-9-24)23-18-11-15-3-1-2-4-19(15)22-12-18/h1-4,11-12,16-17,23H,5-10,13-14H2. The van der Waals surface area contributed by atoms with Crippen molar-refractivity contribution in [2.45, 2.75) is 31.5 Å². The van der Waals surface area contributed by atoms with E-state index in [1.165, 1.54) is 0 Å². The predicted molar refractivity (Wildman–Crippen MR) is 101 cm³/mol. The molecule has 2 aliphatic rings. The van der Waals surface area contributed by atoms with E-state index in [4.69, 9.17) is 0 Å². The zero-order valence-corrected chi connectivity index (χ0v) is 14.9. The lowest BCUT2D eigenvalue weighted by Crippen LogP contribution is -2.45. The number of hydrogen-bond acceptors (Lipinski definition) is 4. The number of rotatable bonds is 4. The van der Waals surface area contributed by atoms with Crippen LogP contribution in [0.4, 0.5) is 10.1 Å². The summed E-state index contributed by atoms with van der Waals surface area (Å²) in [6, 6.07) is 10.6. The summed E-state index contributed by atoms with van der Waals surface area (Å²) in [6.45, 7) is 3.02. The van der Waals surface area contributed by atoms with Crippen molar-refractivity contribution >= 4 is 22.5 Å². The molecule has 2 aliphatic heterocycles. The van der Waals surface area contributed by atoms with E-state index in [1.807, 2.05) is 24.4 Å². The van der Waals surface area contributed by atoms with E-state index in [1.54, 1.807) is 4.90 Å². The molecule has 1 atom stereocenters. The fourth-order valence-corrected chi connectivity index (χ4v) is 3.86. The van der Waals surface area contributed by atoms with E-state index in [0.29, 0.717) is 25.6 Å². The number of pyridine rings is 1. The Hall–Kier alpha value is -2.21. The van der Waals surface area contributed by atoms with E-state index in [-0.39, 0.29) is 12.5 Å². The van der Waals surface area contributed by atoms with Gasteiger partial charge in [0, 0.05) is 31.1 Å². The van der Waals surface area contributed by atoms with Gasteiger partial charge in [-0.3, -0.25) is 14.7 Å². The first-order valence-corrected chi connectivity index (χ1v) is 9.43. The molecule has 26 heavy (non-hydrogen) atoms. The maximum atomic E-state index is 13.2. The van der Waals surface area contributed by atoms with Crippen molar-refractivity contribution in [2.24, 2.45) is 0 Å². The number of nitrogens with one attached hydrogen (secondary N) is 1. The number of anilines is 1. The summed E-state index contributed by atoms with van der Waals surface area (Å²) in [7, 11) is 0. The van der Waals surface area contributed by atoms with Crippen molar-refractivity contribution in [1.82, 2.24) is 14.8 Å². The Balaban J connectivity index is 1.27. The second-order valence-corrected chi connectivity index (χ2v) is 7.34. The molecule has 6 heteroatoms. The summed E-state index contributed by atoms with van der Waals surface area (Å²) < 4.78 is 13.2. The summed E-state index contributed by atoms with van der Waals surface area (Å²) in [5, 5.41) is 4.71. The van der Waals surface area contributed by atoms with Gasteiger partial charge in [-0.05, 0) is 31.4 Å². The Kier molecular flexibility index (Phi) is 5.02. The van der Waals surface area contributed by atoms with Crippen molar-refractivity contribution in [2.75, 3.05) is 38.0 Å². The molecular weight excluding hydrogens is 331 g/mol. The Labute approximate surface area is 153 Å². The van der Waals surface area contributed by atoms with Crippen molar-refractivity contribution in [1.29, 1.82) is 0 Å². The number of halogens is 1. The zero-order valence-electron chi connectivity index (χ0n) is 14.9. The van der Waals surface area contributed by atoms with Gasteiger partial charge in [-0.15, -0.1) is 0 Å². The molecule has 0 radical (unpaired) electrons. The van der Waals surface area contributed by atoms with Crippen LogP contribution in [0, 0.1) is 0 Å². The number of fused-ring (bicyclic) bond motifs is 1. The molecule has 0 aliphatic carbocycles. The van der Waals surface area contributed by atoms with E-state index < -0.39 is 6.17 Å². The number of para-hydroxylation sites is 1. The van der Waals surface area contributed by atoms with Crippen molar-refractivity contribution in [3.8, 4) is 0 Å². The van der Waals surface area contributed by atoms with Gasteiger partial charge >= 0.3 is 0 Å². The third kappa shape index (κ3) is 3.96. The first-order valence-electron chi connectivity index (χ1n) is 9.43. The number of hydrogen-bond donors (Lipinski definition) is 1. The van der Waals surface area contributed by atoms with E-state index in [2.05, 4.69) is 27.3 Å². The smallest absolute Gasteiger partial charge is 0.236 e. The topological polar surface area (TPSA) is 48.5 Å². The SMILES string of the molecule is O=C(CN1CCC(Nc2cnc3ccccc3c2)CC1)N1CCC(F)C1. The Morgan fingerprint density at radius 3 is 2.77 bits per heavy atom. The Morgan fingerprint density at radius 1 is 1.19 bits per heavy atom. The molecule has 0 saturated carbocycles. The number of aromatic nitrogens is 1. The summed E-state index contributed by atoms with van der Waals surface area (Å²) in [5.41, 5.74) is 2.05. The van der Waals surface area contributed by atoms with Gasteiger partial charge in [-0.2, -0.15) is 0 Å². The van der Waals surface area contributed by atoms with Gasteiger partial charge in [-0.25, -0.2) is 4.39 Å². The first-order chi connectivity index (χ1) is 12.7. The molecule has 1 amide bonds. The highest BCUT2D eigenvalue weighted by atomic mass is 19.1. The third-order valence-corrected chi connectivity index (χ3v) is 5.39. The summed E-state index contributed by atoms with van der Waals surface area (Å²) in [5.74, 6) is 0.0651. The molecule has 1 aromatic carbocycles. The molecule has 2 fully saturated rings. The van der Waals surface area contributed by atoms with Crippen LogP contribution < -0.4 is 5.32 Å². The van der Waals surface area contributed by atoms with Gasteiger partial charge in [0.15, 0.2) is 0 Å². The summed E-state index contributed by atoms with van der Waals surface area (Å²) in [6.07, 6.45) is 3.51. The van der Waals surface area contributed by atoms with Gasteiger partial charge in [0.05, 0.1) is 30.5 Å². The fourth-order valence-electron chi connectivity index (χ4n) is 3.86. The van der Waals surface area contributed by atoms with E-state index >= 15 is 0 Å². The van der Waals surface area contributed by atoms with Crippen molar-refractivity contribution < 1.29 is 9.18 Å². The number of piperidine rings is 1. The molecule has 2 saturated heterocycles. The minimum atomic E-state index is -0.843. The van der Waals surface area contributed by atoms with Gasteiger partial charge in [0.1, 0.15) is 6.17 Å². The van der Waals surface area contributed by atoms with Crippen LogP contribution in [-0.4, -0.2) is 65.6 Å². The van der Waals surface area contributed by atoms with Gasteiger partial charge < -0.3 is 10.2 Å². The monoisotopic (exact) mass is 356 g/mol. The van der Waals surface area contributed by atoms with Crippen LogP contribution in [0.25, 0.3) is 10.9 Å². The second kappa shape index (κ2) is 7.58. The molecule has 3 heterocycles. The number of amides is 1. The first kappa shape index (κ1) is 17.2. The lowest BCUT2D eigenvalue weighted by Gasteiger charge is -2.33.